The molecule has 0 unspecified atom stereocenters. The van der Waals surface area contributed by atoms with Crippen LogP contribution >= 0.6 is 0 Å². The van der Waals surface area contributed by atoms with E-state index >= 15 is 0 Å². The van der Waals surface area contributed by atoms with Gasteiger partial charge in [0.1, 0.15) is 12.4 Å². The summed E-state index contributed by atoms with van der Waals surface area (Å²) in [7, 11) is 1.51. The number of rotatable bonds is 6. The van der Waals surface area contributed by atoms with Gasteiger partial charge in [0, 0.05) is 44.2 Å². The first-order chi connectivity index (χ1) is 16.9. The Hall–Kier alpha value is -3.83. The van der Waals surface area contributed by atoms with Crippen LogP contribution in [0.5, 0.6) is 0 Å². The van der Waals surface area contributed by atoms with Crippen LogP contribution in [-0.2, 0) is 23.8 Å². The molecule has 35 heavy (non-hydrogen) atoms. The third-order valence-corrected chi connectivity index (χ3v) is 5.66. The fourth-order valence-electron chi connectivity index (χ4n) is 3.84. The number of nitrogens with one attached hydrogen (secondary N) is 1. The molecule has 2 aliphatic rings. The SMILES string of the molecule is CO[C@@H]1C[C@@H](OC(=O)Nc2ccc(N3CCOCC3=O)cc2F)N(C(=O)C=Cc2cccnc2)C1. The number of halogens is 1. The van der Waals surface area contributed by atoms with E-state index in [1.54, 1.807) is 30.6 Å². The first-order valence-corrected chi connectivity index (χ1v) is 11.0. The predicted molar refractivity (Wildman–Crippen MR) is 124 cm³/mol. The molecule has 4 rings (SSSR count). The van der Waals surface area contributed by atoms with Gasteiger partial charge in [0.15, 0.2) is 6.23 Å². The van der Waals surface area contributed by atoms with Gasteiger partial charge < -0.3 is 24.0 Å². The van der Waals surface area contributed by atoms with Crippen LogP contribution in [0.2, 0.25) is 0 Å². The first kappa shape index (κ1) is 24.3. The van der Waals surface area contributed by atoms with E-state index in [0.29, 0.717) is 18.8 Å². The lowest BCUT2D eigenvalue weighted by Gasteiger charge is -2.27. The topological polar surface area (TPSA) is 110 Å². The number of morpholine rings is 1. The van der Waals surface area contributed by atoms with Crippen LogP contribution in [-0.4, -0.2) is 73.5 Å². The molecule has 2 aromatic rings. The van der Waals surface area contributed by atoms with Crippen LogP contribution in [0, 0.1) is 5.82 Å². The standard InChI is InChI=1S/C24H25FN4O6/c1-33-18-12-23(29(14-18)21(30)7-4-16-3-2-8-26-13-16)35-24(32)27-20-6-5-17(11-19(20)25)28-9-10-34-15-22(28)31/h2-8,11,13,18,23H,9-10,12,14-15H2,1H3,(H,27,32)/t18-,23-/m1/s1. The highest BCUT2D eigenvalue weighted by Gasteiger charge is 2.37. The van der Waals surface area contributed by atoms with Crippen molar-refractivity contribution in [2.75, 3.05) is 43.6 Å². The molecule has 1 aromatic heterocycles. The minimum atomic E-state index is -0.921. The second-order valence-electron chi connectivity index (χ2n) is 7.95. The Bertz CT molecular complexity index is 1110. The molecule has 3 heterocycles. The predicted octanol–water partition coefficient (Wildman–Crippen LogP) is 2.42. The largest absolute Gasteiger partial charge is 0.425 e. The van der Waals surface area contributed by atoms with Crippen molar-refractivity contribution in [1.82, 2.24) is 9.88 Å². The fraction of sp³-hybridized carbons (Fsp3) is 0.333. The average molecular weight is 484 g/mol. The number of anilines is 2. The first-order valence-electron chi connectivity index (χ1n) is 11.0. The zero-order valence-corrected chi connectivity index (χ0v) is 19.1. The number of aromatic nitrogens is 1. The molecule has 0 radical (unpaired) electrons. The molecule has 0 aliphatic carbocycles. The maximum atomic E-state index is 14.7. The van der Waals surface area contributed by atoms with Gasteiger partial charge in [-0.3, -0.25) is 19.9 Å². The van der Waals surface area contributed by atoms with Gasteiger partial charge in [-0.25, -0.2) is 9.18 Å². The van der Waals surface area contributed by atoms with Gasteiger partial charge in [-0.15, -0.1) is 0 Å². The third kappa shape index (κ3) is 6.00. The molecule has 0 bridgehead atoms. The van der Waals surface area contributed by atoms with Gasteiger partial charge in [0.2, 0.25) is 5.91 Å². The van der Waals surface area contributed by atoms with Crippen molar-refractivity contribution in [3.8, 4) is 0 Å². The van der Waals surface area contributed by atoms with Crippen molar-refractivity contribution in [3.05, 3.63) is 60.2 Å². The van der Waals surface area contributed by atoms with Crippen LogP contribution in [0.25, 0.3) is 6.08 Å². The zero-order chi connectivity index (χ0) is 24.8. The maximum Gasteiger partial charge on any atom is 0.413 e. The lowest BCUT2D eigenvalue weighted by molar-refractivity contribution is -0.132. The molecule has 2 atom stereocenters. The molecule has 184 valence electrons. The number of hydrogen-bond donors (Lipinski definition) is 1. The van der Waals surface area contributed by atoms with Crippen molar-refractivity contribution < 1.29 is 33.0 Å². The van der Waals surface area contributed by atoms with Crippen molar-refractivity contribution in [2.24, 2.45) is 0 Å². The van der Waals surface area contributed by atoms with E-state index in [2.05, 4.69) is 10.3 Å². The van der Waals surface area contributed by atoms with Gasteiger partial charge >= 0.3 is 6.09 Å². The summed E-state index contributed by atoms with van der Waals surface area (Å²) in [6.45, 7) is 0.844. The molecule has 3 amide bonds. The van der Waals surface area contributed by atoms with Crippen molar-refractivity contribution >= 4 is 35.4 Å². The molecule has 11 heteroatoms. The minimum Gasteiger partial charge on any atom is -0.425 e. The van der Waals surface area contributed by atoms with E-state index in [1.165, 1.54) is 35.1 Å². The maximum absolute atomic E-state index is 14.7. The molecule has 2 saturated heterocycles. The molecular formula is C24H25FN4O6. The van der Waals surface area contributed by atoms with Crippen LogP contribution in [0.15, 0.2) is 48.8 Å². The molecular weight excluding hydrogens is 459 g/mol. The monoisotopic (exact) mass is 484 g/mol. The minimum absolute atomic E-state index is 0.0650. The summed E-state index contributed by atoms with van der Waals surface area (Å²) in [5.74, 6) is -1.36. The number of methoxy groups -OCH3 is 1. The molecule has 10 nitrogen and oxygen atoms in total. The zero-order valence-electron chi connectivity index (χ0n) is 19.1. The lowest BCUT2D eigenvalue weighted by Crippen LogP contribution is -2.41. The Morgan fingerprint density at radius 1 is 1.31 bits per heavy atom. The molecule has 0 spiro atoms. The summed E-state index contributed by atoms with van der Waals surface area (Å²) in [4.78, 5) is 44.0. The number of amides is 3. The number of hydrogen-bond acceptors (Lipinski definition) is 7. The van der Waals surface area contributed by atoms with Crippen LogP contribution in [0.1, 0.15) is 12.0 Å². The smallest absolute Gasteiger partial charge is 0.413 e. The van der Waals surface area contributed by atoms with E-state index in [9.17, 15) is 18.8 Å². The molecule has 1 N–H and O–H groups in total. The highest BCUT2D eigenvalue weighted by Crippen LogP contribution is 2.25. The van der Waals surface area contributed by atoms with E-state index in [0.717, 1.165) is 11.6 Å². The number of carbonyl (C=O) groups is 3. The van der Waals surface area contributed by atoms with Crippen molar-refractivity contribution in [3.63, 3.8) is 0 Å². The summed E-state index contributed by atoms with van der Waals surface area (Å²) < 4.78 is 30.5. The van der Waals surface area contributed by atoms with Crippen LogP contribution in [0.3, 0.4) is 0 Å². The normalized spacial score (nSPS) is 20.3. The van der Waals surface area contributed by atoms with E-state index in [4.69, 9.17) is 14.2 Å². The Morgan fingerprint density at radius 2 is 2.17 bits per heavy atom. The van der Waals surface area contributed by atoms with Crippen LogP contribution in [0.4, 0.5) is 20.6 Å². The quantitative estimate of drug-likeness (QED) is 0.627. The van der Waals surface area contributed by atoms with Crippen molar-refractivity contribution in [1.29, 1.82) is 0 Å². The number of likely N-dealkylation sites (tertiary alicyclic amines) is 1. The summed E-state index contributed by atoms with van der Waals surface area (Å²) in [5, 5.41) is 2.36. The van der Waals surface area contributed by atoms with Gasteiger partial charge in [0.05, 0.1) is 24.9 Å². The van der Waals surface area contributed by atoms with Gasteiger partial charge in [-0.05, 0) is 35.9 Å². The fourth-order valence-corrected chi connectivity index (χ4v) is 3.84. The van der Waals surface area contributed by atoms with E-state index in [-0.39, 0.29) is 43.2 Å². The second kappa shape index (κ2) is 11.1. The molecule has 0 saturated carbocycles. The number of benzene rings is 1. The average Bonchev–Trinajstić information content (AvgIpc) is 3.27. The Morgan fingerprint density at radius 3 is 2.89 bits per heavy atom. The van der Waals surface area contributed by atoms with E-state index in [1.807, 2.05) is 0 Å². The third-order valence-electron chi connectivity index (χ3n) is 5.66. The highest BCUT2D eigenvalue weighted by molar-refractivity contribution is 5.95. The second-order valence-corrected chi connectivity index (χ2v) is 7.95. The Kier molecular flexibility index (Phi) is 7.68. The summed E-state index contributed by atoms with van der Waals surface area (Å²) in [6.07, 6.45) is 4.37. The van der Waals surface area contributed by atoms with Gasteiger partial charge in [-0.2, -0.15) is 0 Å². The van der Waals surface area contributed by atoms with Crippen molar-refractivity contribution in [2.45, 2.75) is 18.8 Å². The Labute approximate surface area is 201 Å². The summed E-state index contributed by atoms with van der Waals surface area (Å²) >= 11 is 0. The Balaban J connectivity index is 1.39. The number of pyridine rings is 1. The summed E-state index contributed by atoms with van der Waals surface area (Å²) in [6, 6.07) is 7.59. The number of nitrogens with zero attached hydrogens (tertiary/aromatic N) is 3. The number of carbonyl (C=O) groups excluding carboxylic acids is 3. The number of ether oxygens (including phenoxy) is 3. The molecule has 2 fully saturated rings. The van der Waals surface area contributed by atoms with Gasteiger partial charge in [-0.1, -0.05) is 6.07 Å². The van der Waals surface area contributed by atoms with Crippen LogP contribution < -0.4 is 10.2 Å². The lowest BCUT2D eigenvalue weighted by atomic mass is 10.2. The summed E-state index contributed by atoms with van der Waals surface area (Å²) in [5.41, 5.74) is 0.997. The molecule has 2 aliphatic heterocycles. The van der Waals surface area contributed by atoms with E-state index < -0.39 is 18.1 Å². The van der Waals surface area contributed by atoms with Gasteiger partial charge in [0.25, 0.3) is 5.91 Å². The highest BCUT2D eigenvalue weighted by atomic mass is 19.1. The molecule has 1 aromatic carbocycles.